The molecule has 6 heteroatoms. The molecule has 0 unspecified atom stereocenters. The average Bonchev–Trinajstić information content (AvgIpc) is 2.88. The van der Waals surface area contributed by atoms with Crippen LogP contribution in [0.25, 0.3) is 11.3 Å². The van der Waals surface area contributed by atoms with Crippen LogP contribution in [0.4, 0.5) is 5.69 Å². The lowest BCUT2D eigenvalue weighted by atomic mass is 10.1. The van der Waals surface area contributed by atoms with E-state index in [0.717, 1.165) is 5.56 Å². The van der Waals surface area contributed by atoms with Gasteiger partial charge in [-0.3, -0.25) is 25.0 Å². The number of nitrogens with one attached hydrogen (secondary N) is 2. The van der Waals surface area contributed by atoms with Crippen LogP contribution >= 0.6 is 11.6 Å². The first-order valence-corrected chi connectivity index (χ1v) is 6.63. The van der Waals surface area contributed by atoms with Crippen LogP contribution in [-0.2, 0) is 0 Å². The van der Waals surface area contributed by atoms with E-state index < -0.39 is 0 Å². The molecule has 0 spiro atoms. The van der Waals surface area contributed by atoms with Crippen molar-refractivity contribution >= 4 is 23.5 Å². The Kier molecular flexibility index (Phi) is 3.66. The van der Waals surface area contributed by atoms with E-state index in [4.69, 9.17) is 11.6 Å². The molecule has 0 aliphatic carbocycles. The van der Waals surface area contributed by atoms with E-state index in [1.807, 2.05) is 24.3 Å². The SMILES string of the molecule is O=c1[nH][nH]c(-c2ccncc2)c1C=Nc1ccccc1Cl. The summed E-state index contributed by atoms with van der Waals surface area (Å²) in [5.41, 5.74) is 2.33. The fourth-order valence-electron chi connectivity index (χ4n) is 1.93. The minimum absolute atomic E-state index is 0.238. The maximum absolute atomic E-state index is 11.9. The molecule has 0 amide bonds. The van der Waals surface area contributed by atoms with Gasteiger partial charge in [-0.05, 0) is 24.3 Å². The fraction of sp³-hybridized carbons (Fsp3) is 0. The second-order valence-electron chi connectivity index (χ2n) is 4.31. The van der Waals surface area contributed by atoms with Crippen LogP contribution in [-0.4, -0.2) is 21.4 Å². The lowest BCUT2D eigenvalue weighted by molar-refractivity contribution is 1.06. The fourth-order valence-corrected chi connectivity index (χ4v) is 2.11. The predicted molar refractivity (Wildman–Crippen MR) is 83.4 cm³/mol. The van der Waals surface area contributed by atoms with Gasteiger partial charge in [-0.15, -0.1) is 0 Å². The summed E-state index contributed by atoms with van der Waals surface area (Å²) in [5.74, 6) is 0. The van der Waals surface area contributed by atoms with Gasteiger partial charge < -0.3 is 0 Å². The molecule has 0 bridgehead atoms. The number of aromatic nitrogens is 3. The predicted octanol–water partition coefficient (Wildman–Crippen LogP) is 3.17. The summed E-state index contributed by atoms with van der Waals surface area (Å²) < 4.78 is 0. The standard InChI is InChI=1S/C15H11ClN4O/c16-12-3-1-2-4-13(12)18-9-11-14(19-20-15(11)21)10-5-7-17-8-6-10/h1-9H,(H2,19,20,21). The Labute approximate surface area is 125 Å². The molecule has 2 heterocycles. The molecule has 2 aromatic heterocycles. The van der Waals surface area contributed by atoms with Crippen LogP contribution < -0.4 is 5.56 Å². The van der Waals surface area contributed by atoms with Crippen LogP contribution in [0.15, 0.2) is 58.6 Å². The molecule has 0 saturated carbocycles. The van der Waals surface area contributed by atoms with Gasteiger partial charge in [0.25, 0.3) is 5.56 Å². The van der Waals surface area contributed by atoms with Gasteiger partial charge in [-0.25, -0.2) is 0 Å². The molecule has 104 valence electrons. The van der Waals surface area contributed by atoms with Crippen molar-refractivity contribution in [3.05, 3.63) is 69.7 Å². The molecular formula is C15H11ClN4O. The van der Waals surface area contributed by atoms with Gasteiger partial charge in [0.15, 0.2) is 0 Å². The number of para-hydroxylation sites is 1. The van der Waals surface area contributed by atoms with E-state index in [1.54, 1.807) is 24.5 Å². The largest absolute Gasteiger partial charge is 0.297 e. The van der Waals surface area contributed by atoms with E-state index in [2.05, 4.69) is 20.2 Å². The van der Waals surface area contributed by atoms with Crippen molar-refractivity contribution in [2.24, 2.45) is 4.99 Å². The second kappa shape index (κ2) is 5.76. The first-order valence-electron chi connectivity index (χ1n) is 6.25. The quantitative estimate of drug-likeness (QED) is 0.729. The molecule has 0 fully saturated rings. The van der Waals surface area contributed by atoms with E-state index in [-0.39, 0.29) is 5.56 Å². The first-order chi connectivity index (χ1) is 10.3. The van der Waals surface area contributed by atoms with Crippen molar-refractivity contribution in [1.82, 2.24) is 15.2 Å². The third kappa shape index (κ3) is 2.78. The lowest BCUT2D eigenvalue weighted by Crippen LogP contribution is -2.05. The third-order valence-corrected chi connectivity index (χ3v) is 3.29. The number of aromatic amines is 2. The van der Waals surface area contributed by atoms with Crippen molar-refractivity contribution < 1.29 is 0 Å². The summed E-state index contributed by atoms with van der Waals surface area (Å²) in [6, 6.07) is 10.8. The Morgan fingerprint density at radius 3 is 2.62 bits per heavy atom. The summed E-state index contributed by atoms with van der Waals surface area (Å²) in [7, 11) is 0. The Bertz CT molecular complexity index is 836. The number of aliphatic imine (C=N–C) groups is 1. The summed E-state index contributed by atoms with van der Waals surface area (Å²) in [5, 5.41) is 5.95. The van der Waals surface area contributed by atoms with Crippen molar-refractivity contribution in [2.75, 3.05) is 0 Å². The number of benzene rings is 1. The van der Waals surface area contributed by atoms with Gasteiger partial charge in [-0.2, -0.15) is 0 Å². The van der Waals surface area contributed by atoms with Crippen LogP contribution in [0.2, 0.25) is 5.02 Å². The van der Waals surface area contributed by atoms with Gasteiger partial charge in [-0.1, -0.05) is 23.7 Å². The van der Waals surface area contributed by atoms with E-state index in [1.165, 1.54) is 6.21 Å². The Balaban J connectivity index is 2.02. The molecule has 0 saturated heterocycles. The molecule has 5 nitrogen and oxygen atoms in total. The molecular weight excluding hydrogens is 288 g/mol. The van der Waals surface area contributed by atoms with Crippen molar-refractivity contribution in [3.8, 4) is 11.3 Å². The van der Waals surface area contributed by atoms with E-state index in [9.17, 15) is 4.79 Å². The van der Waals surface area contributed by atoms with Crippen molar-refractivity contribution in [2.45, 2.75) is 0 Å². The maximum Gasteiger partial charge on any atom is 0.273 e. The lowest BCUT2D eigenvalue weighted by Gasteiger charge is -1.99. The summed E-state index contributed by atoms with van der Waals surface area (Å²) in [6.45, 7) is 0. The van der Waals surface area contributed by atoms with Gasteiger partial charge in [0.1, 0.15) is 0 Å². The van der Waals surface area contributed by atoms with Crippen LogP contribution in [0.5, 0.6) is 0 Å². The highest BCUT2D eigenvalue weighted by Crippen LogP contribution is 2.24. The van der Waals surface area contributed by atoms with Gasteiger partial charge >= 0.3 is 0 Å². The number of halogens is 1. The zero-order chi connectivity index (χ0) is 14.7. The topological polar surface area (TPSA) is 73.9 Å². The smallest absolute Gasteiger partial charge is 0.273 e. The molecule has 0 aliphatic rings. The Hall–Kier alpha value is -2.66. The zero-order valence-corrected chi connectivity index (χ0v) is 11.6. The number of pyridine rings is 1. The van der Waals surface area contributed by atoms with Gasteiger partial charge in [0.05, 0.1) is 22.0 Å². The molecule has 1 aromatic carbocycles. The van der Waals surface area contributed by atoms with E-state index in [0.29, 0.717) is 22.0 Å². The minimum Gasteiger partial charge on any atom is -0.297 e. The number of rotatable bonds is 3. The Morgan fingerprint density at radius 2 is 1.86 bits per heavy atom. The molecule has 3 aromatic rings. The summed E-state index contributed by atoms with van der Waals surface area (Å²) in [4.78, 5) is 20.1. The number of H-pyrrole nitrogens is 2. The highest BCUT2D eigenvalue weighted by Gasteiger charge is 2.09. The van der Waals surface area contributed by atoms with Crippen LogP contribution in [0.1, 0.15) is 5.56 Å². The summed E-state index contributed by atoms with van der Waals surface area (Å²) >= 11 is 6.05. The third-order valence-electron chi connectivity index (χ3n) is 2.97. The number of nitrogens with zero attached hydrogens (tertiary/aromatic N) is 2. The molecule has 3 rings (SSSR count). The molecule has 0 radical (unpaired) electrons. The molecule has 2 N–H and O–H groups in total. The first kappa shape index (κ1) is 13.3. The maximum atomic E-state index is 11.9. The average molecular weight is 299 g/mol. The highest BCUT2D eigenvalue weighted by molar-refractivity contribution is 6.33. The van der Waals surface area contributed by atoms with E-state index >= 15 is 0 Å². The monoisotopic (exact) mass is 298 g/mol. The minimum atomic E-state index is -0.238. The Morgan fingerprint density at radius 1 is 1.10 bits per heavy atom. The van der Waals surface area contributed by atoms with Gasteiger partial charge in [0.2, 0.25) is 0 Å². The van der Waals surface area contributed by atoms with Crippen molar-refractivity contribution in [1.29, 1.82) is 0 Å². The molecule has 0 aliphatic heterocycles. The molecule has 21 heavy (non-hydrogen) atoms. The highest BCUT2D eigenvalue weighted by atomic mass is 35.5. The van der Waals surface area contributed by atoms with Crippen LogP contribution in [0.3, 0.4) is 0 Å². The summed E-state index contributed by atoms with van der Waals surface area (Å²) in [6.07, 6.45) is 4.83. The van der Waals surface area contributed by atoms with Crippen molar-refractivity contribution in [3.63, 3.8) is 0 Å². The number of hydrogen-bond donors (Lipinski definition) is 2. The molecule has 0 atom stereocenters. The normalized spacial score (nSPS) is 11.1. The number of hydrogen-bond acceptors (Lipinski definition) is 3. The zero-order valence-electron chi connectivity index (χ0n) is 10.9. The van der Waals surface area contributed by atoms with Gasteiger partial charge in [0, 0.05) is 24.2 Å². The second-order valence-corrected chi connectivity index (χ2v) is 4.72. The van der Waals surface area contributed by atoms with Crippen LogP contribution in [0, 0.1) is 0 Å².